The summed E-state index contributed by atoms with van der Waals surface area (Å²) in [4.78, 5) is 14.6. The molecule has 2 heterocycles. The maximum absolute atomic E-state index is 12.7. The summed E-state index contributed by atoms with van der Waals surface area (Å²) in [5.74, 6) is 1.68. The molecule has 0 saturated carbocycles. The highest BCUT2D eigenvalue weighted by atomic mass is 35.5. The fraction of sp³-hybridized carbons (Fsp3) is 0.286. The molecule has 4 nitrogen and oxygen atoms in total. The van der Waals surface area contributed by atoms with Gasteiger partial charge in [-0.2, -0.15) is 0 Å². The van der Waals surface area contributed by atoms with Crippen LogP contribution in [0.2, 0.25) is 5.02 Å². The number of furan rings is 1. The van der Waals surface area contributed by atoms with Gasteiger partial charge in [0.1, 0.15) is 11.3 Å². The summed E-state index contributed by atoms with van der Waals surface area (Å²) in [5.41, 5.74) is 0.684. The molecule has 1 fully saturated rings. The monoisotopic (exact) mass is 369 g/mol. The smallest absolute Gasteiger partial charge is 0.289 e. The van der Waals surface area contributed by atoms with Gasteiger partial charge in [0.15, 0.2) is 5.76 Å². The van der Waals surface area contributed by atoms with E-state index in [2.05, 4.69) is 0 Å². The molecule has 0 aliphatic carbocycles. The summed E-state index contributed by atoms with van der Waals surface area (Å²) in [6, 6.07) is 17.0. The third-order valence-corrected chi connectivity index (χ3v) is 5.05. The van der Waals surface area contributed by atoms with Crippen molar-refractivity contribution in [3.8, 4) is 5.75 Å². The predicted molar refractivity (Wildman–Crippen MR) is 102 cm³/mol. The molecule has 26 heavy (non-hydrogen) atoms. The number of carbonyl (C=O) groups excluding carboxylic acids is 1. The maximum atomic E-state index is 12.7. The lowest BCUT2D eigenvalue weighted by Gasteiger charge is -2.31. The molecule has 0 N–H and O–H groups in total. The van der Waals surface area contributed by atoms with Crippen molar-refractivity contribution in [2.75, 3.05) is 19.7 Å². The van der Waals surface area contributed by atoms with E-state index in [1.54, 1.807) is 18.2 Å². The van der Waals surface area contributed by atoms with Gasteiger partial charge >= 0.3 is 0 Å². The molecule has 5 heteroatoms. The van der Waals surface area contributed by atoms with E-state index < -0.39 is 0 Å². The highest BCUT2D eigenvalue weighted by Crippen LogP contribution is 2.26. The SMILES string of the molecule is O=C(c1cc2cc(Cl)ccc2o1)N1CCC(COc2ccccc2)CC1. The second-order valence-corrected chi connectivity index (χ2v) is 7.09. The quantitative estimate of drug-likeness (QED) is 0.648. The first-order valence-corrected chi connectivity index (χ1v) is 9.23. The Morgan fingerprint density at radius 3 is 2.65 bits per heavy atom. The summed E-state index contributed by atoms with van der Waals surface area (Å²) in [6.07, 6.45) is 1.87. The van der Waals surface area contributed by atoms with Gasteiger partial charge < -0.3 is 14.1 Å². The third kappa shape index (κ3) is 3.70. The van der Waals surface area contributed by atoms with Crippen molar-refractivity contribution in [3.63, 3.8) is 0 Å². The lowest BCUT2D eigenvalue weighted by Crippen LogP contribution is -2.39. The van der Waals surface area contributed by atoms with Gasteiger partial charge in [-0.05, 0) is 55.2 Å². The Bertz CT molecular complexity index is 898. The van der Waals surface area contributed by atoms with E-state index >= 15 is 0 Å². The lowest BCUT2D eigenvalue weighted by molar-refractivity contribution is 0.0632. The first-order valence-electron chi connectivity index (χ1n) is 8.85. The van der Waals surface area contributed by atoms with Gasteiger partial charge in [0, 0.05) is 23.5 Å². The van der Waals surface area contributed by atoms with Crippen LogP contribution in [-0.4, -0.2) is 30.5 Å². The van der Waals surface area contributed by atoms with E-state index in [0.717, 1.165) is 37.1 Å². The number of carbonyl (C=O) groups is 1. The third-order valence-electron chi connectivity index (χ3n) is 4.82. The average molecular weight is 370 g/mol. The Labute approximate surface area is 157 Å². The molecule has 4 rings (SSSR count). The highest BCUT2D eigenvalue weighted by molar-refractivity contribution is 6.31. The number of fused-ring (bicyclic) bond motifs is 1. The number of halogens is 1. The van der Waals surface area contributed by atoms with Crippen molar-refractivity contribution in [3.05, 3.63) is 65.4 Å². The second-order valence-electron chi connectivity index (χ2n) is 6.65. The van der Waals surface area contributed by atoms with E-state index in [0.29, 0.717) is 28.9 Å². The highest BCUT2D eigenvalue weighted by Gasteiger charge is 2.26. The minimum atomic E-state index is -0.0558. The normalized spacial score (nSPS) is 15.3. The molecule has 1 aliphatic heterocycles. The number of para-hydroxylation sites is 1. The molecule has 0 atom stereocenters. The molecule has 1 saturated heterocycles. The number of benzene rings is 2. The first kappa shape index (κ1) is 17.0. The molecular weight excluding hydrogens is 350 g/mol. The van der Waals surface area contributed by atoms with E-state index in [1.165, 1.54) is 0 Å². The van der Waals surface area contributed by atoms with Crippen molar-refractivity contribution < 1.29 is 13.9 Å². The van der Waals surface area contributed by atoms with Crippen LogP contribution in [0.3, 0.4) is 0 Å². The van der Waals surface area contributed by atoms with Crippen LogP contribution in [0.4, 0.5) is 0 Å². The van der Waals surface area contributed by atoms with Crippen LogP contribution in [0.15, 0.2) is 59.0 Å². The Morgan fingerprint density at radius 2 is 1.88 bits per heavy atom. The van der Waals surface area contributed by atoms with Crippen molar-refractivity contribution in [1.82, 2.24) is 4.90 Å². The minimum absolute atomic E-state index is 0.0558. The number of piperidine rings is 1. The Balaban J connectivity index is 1.34. The topological polar surface area (TPSA) is 42.7 Å². The predicted octanol–water partition coefficient (Wildman–Crippen LogP) is 5.02. The van der Waals surface area contributed by atoms with Gasteiger partial charge in [0.2, 0.25) is 0 Å². The lowest BCUT2D eigenvalue weighted by atomic mass is 9.97. The Hall–Kier alpha value is -2.46. The summed E-state index contributed by atoms with van der Waals surface area (Å²) in [5, 5.41) is 1.49. The number of hydrogen-bond acceptors (Lipinski definition) is 3. The zero-order chi connectivity index (χ0) is 17.9. The fourth-order valence-electron chi connectivity index (χ4n) is 3.31. The molecule has 1 amide bonds. The van der Waals surface area contributed by atoms with Crippen molar-refractivity contribution in [2.45, 2.75) is 12.8 Å². The van der Waals surface area contributed by atoms with E-state index in [1.807, 2.05) is 41.3 Å². The molecule has 2 aromatic carbocycles. The molecule has 0 spiro atoms. The molecule has 0 bridgehead atoms. The molecule has 3 aromatic rings. The van der Waals surface area contributed by atoms with Gasteiger partial charge in [0.25, 0.3) is 5.91 Å². The van der Waals surface area contributed by atoms with Gasteiger partial charge in [-0.1, -0.05) is 29.8 Å². The van der Waals surface area contributed by atoms with Crippen molar-refractivity contribution in [2.24, 2.45) is 5.92 Å². The number of hydrogen-bond donors (Lipinski definition) is 0. The summed E-state index contributed by atoms with van der Waals surface area (Å²) in [6.45, 7) is 2.13. The van der Waals surface area contributed by atoms with Crippen LogP contribution < -0.4 is 4.74 Å². The van der Waals surface area contributed by atoms with Crippen LogP contribution >= 0.6 is 11.6 Å². The van der Waals surface area contributed by atoms with Gasteiger partial charge in [-0.15, -0.1) is 0 Å². The number of ether oxygens (including phenoxy) is 1. The van der Waals surface area contributed by atoms with Gasteiger partial charge in [-0.25, -0.2) is 0 Å². The van der Waals surface area contributed by atoms with Crippen molar-refractivity contribution in [1.29, 1.82) is 0 Å². The van der Waals surface area contributed by atoms with Crippen LogP contribution in [0.1, 0.15) is 23.4 Å². The zero-order valence-corrected chi connectivity index (χ0v) is 15.1. The summed E-state index contributed by atoms with van der Waals surface area (Å²) < 4.78 is 11.5. The number of nitrogens with zero attached hydrogens (tertiary/aromatic N) is 1. The summed E-state index contributed by atoms with van der Waals surface area (Å²) >= 11 is 6.00. The van der Waals surface area contributed by atoms with Gasteiger partial charge in [0.05, 0.1) is 6.61 Å². The molecular formula is C21H20ClNO3. The standard InChI is InChI=1S/C21H20ClNO3/c22-17-6-7-19-16(12-17)13-20(26-19)21(24)23-10-8-15(9-11-23)14-25-18-4-2-1-3-5-18/h1-7,12-13,15H,8-11,14H2. The van der Waals surface area contributed by atoms with Crippen LogP contribution in [0.25, 0.3) is 11.0 Å². The van der Waals surface area contributed by atoms with Gasteiger partial charge in [-0.3, -0.25) is 4.79 Å². The largest absolute Gasteiger partial charge is 0.493 e. The fourth-order valence-corrected chi connectivity index (χ4v) is 3.49. The minimum Gasteiger partial charge on any atom is -0.493 e. The van der Waals surface area contributed by atoms with E-state index in [4.69, 9.17) is 20.8 Å². The van der Waals surface area contributed by atoms with Crippen molar-refractivity contribution >= 4 is 28.5 Å². The van der Waals surface area contributed by atoms with E-state index in [-0.39, 0.29) is 5.91 Å². The Morgan fingerprint density at radius 1 is 1.12 bits per heavy atom. The number of amides is 1. The molecule has 1 aromatic heterocycles. The molecule has 134 valence electrons. The van der Waals surface area contributed by atoms with Crippen LogP contribution in [0.5, 0.6) is 5.75 Å². The number of likely N-dealkylation sites (tertiary alicyclic amines) is 1. The number of rotatable bonds is 4. The molecule has 1 aliphatic rings. The summed E-state index contributed by atoms with van der Waals surface area (Å²) in [7, 11) is 0. The first-order chi connectivity index (χ1) is 12.7. The maximum Gasteiger partial charge on any atom is 0.289 e. The Kier molecular flexibility index (Phi) is 4.85. The van der Waals surface area contributed by atoms with E-state index in [9.17, 15) is 4.79 Å². The van der Waals surface area contributed by atoms with Crippen LogP contribution in [0, 0.1) is 5.92 Å². The molecule has 0 radical (unpaired) electrons. The average Bonchev–Trinajstić information content (AvgIpc) is 3.10. The zero-order valence-electron chi connectivity index (χ0n) is 14.4. The van der Waals surface area contributed by atoms with Crippen LogP contribution in [-0.2, 0) is 0 Å². The second kappa shape index (κ2) is 7.42. The molecule has 0 unspecified atom stereocenters.